The molecule has 1 unspecified atom stereocenters. The minimum atomic E-state index is -0.292. The molecule has 6 heteroatoms. The van der Waals surface area contributed by atoms with Crippen LogP contribution >= 0.6 is 0 Å². The van der Waals surface area contributed by atoms with Gasteiger partial charge in [0.05, 0.1) is 11.4 Å². The summed E-state index contributed by atoms with van der Waals surface area (Å²) in [6, 6.07) is 17.1. The second-order valence-electron chi connectivity index (χ2n) is 6.42. The van der Waals surface area contributed by atoms with Gasteiger partial charge in [0.1, 0.15) is 0 Å². The number of benzene rings is 2. The van der Waals surface area contributed by atoms with Crippen molar-refractivity contribution in [1.29, 1.82) is 0 Å². The van der Waals surface area contributed by atoms with Crippen molar-refractivity contribution in [1.82, 2.24) is 20.0 Å². The summed E-state index contributed by atoms with van der Waals surface area (Å²) in [6.45, 7) is 0.439. The van der Waals surface area contributed by atoms with Gasteiger partial charge in [-0.1, -0.05) is 48.5 Å². The third-order valence-electron chi connectivity index (χ3n) is 4.44. The van der Waals surface area contributed by atoms with Crippen LogP contribution < -0.4 is 10.9 Å². The van der Waals surface area contributed by atoms with Crippen molar-refractivity contribution in [2.75, 3.05) is 20.6 Å². The first-order valence-corrected chi connectivity index (χ1v) is 8.44. The largest absolute Gasteiger partial charge is 0.349 e. The molecule has 0 aliphatic heterocycles. The Morgan fingerprint density at radius 3 is 2.35 bits per heavy atom. The van der Waals surface area contributed by atoms with Gasteiger partial charge in [-0.05, 0) is 25.7 Å². The molecule has 3 aromatic rings. The highest BCUT2D eigenvalue weighted by Crippen LogP contribution is 2.17. The molecule has 1 heterocycles. The lowest BCUT2D eigenvalue weighted by Gasteiger charge is -2.25. The quantitative estimate of drug-likeness (QED) is 0.764. The fourth-order valence-electron chi connectivity index (χ4n) is 3.01. The van der Waals surface area contributed by atoms with E-state index in [1.807, 2.05) is 44.4 Å². The molecule has 0 saturated carbocycles. The van der Waals surface area contributed by atoms with E-state index in [-0.39, 0.29) is 23.2 Å². The molecule has 3 rings (SSSR count). The number of aryl methyl sites for hydroxylation is 1. The Hall–Kier alpha value is -2.99. The standard InChI is InChI=1S/C20H22N4O2/c1-23(2)17(14-9-5-4-6-10-14)13-21-19(25)18-15-11-7-8-12-16(15)20(26)24(3)22-18/h4-12,17H,13H2,1-3H3,(H,21,25). The number of aromatic nitrogens is 2. The first-order chi connectivity index (χ1) is 12.5. The third kappa shape index (κ3) is 3.50. The predicted octanol–water partition coefficient (Wildman–Crippen LogP) is 1.97. The molecule has 1 atom stereocenters. The highest BCUT2D eigenvalue weighted by atomic mass is 16.2. The maximum Gasteiger partial charge on any atom is 0.274 e. The highest BCUT2D eigenvalue weighted by Gasteiger charge is 2.19. The van der Waals surface area contributed by atoms with Crippen molar-refractivity contribution < 1.29 is 4.79 Å². The Morgan fingerprint density at radius 2 is 1.69 bits per heavy atom. The van der Waals surface area contributed by atoms with Crippen LogP contribution in [0.15, 0.2) is 59.4 Å². The van der Waals surface area contributed by atoms with Gasteiger partial charge in [-0.15, -0.1) is 0 Å². The van der Waals surface area contributed by atoms with Crippen molar-refractivity contribution in [3.8, 4) is 0 Å². The SMILES string of the molecule is CN(C)C(CNC(=O)c1nn(C)c(=O)c2ccccc12)c1ccccc1. The highest BCUT2D eigenvalue weighted by molar-refractivity contribution is 6.04. The van der Waals surface area contributed by atoms with E-state index in [0.29, 0.717) is 17.3 Å². The van der Waals surface area contributed by atoms with Gasteiger partial charge in [-0.3, -0.25) is 9.59 Å². The molecule has 1 aromatic heterocycles. The molecular formula is C20H22N4O2. The first kappa shape index (κ1) is 17.8. The number of fused-ring (bicyclic) bond motifs is 1. The lowest BCUT2D eigenvalue weighted by Crippen LogP contribution is -2.36. The number of amides is 1. The molecule has 0 saturated heterocycles. The van der Waals surface area contributed by atoms with Gasteiger partial charge in [-0.25, -0.2) is 4.68 Å². The van der Waals surface area contributed by atoms with Gasteiger partial charge in [0.2, 0.25) is 0 Å². The number of hydrogen-bond donors (Lipinski definition) is 1. The normalized spacial score (nSPS) is 12.3. The van der Waals surface area contributed by atoms with E-state index in [0.717, 1.165) is 5.56 Å². The Morgan fingerprint density at radius 1 is 1.08 bits per heavy atom. The second-order valence-corrected chi connectivity index (χ2v) is 6.42. The number of nitrogens with one attached hydrogen (secondary N) is 1. The van der Waals surface area contributed by atoms with Gasteiger partial charge < -0.3 is 10.2 Å². The van der Waals surface area contributed by atoms with E-state index in [9.17, 15) is 9.59 Å². The number of carbonyl (C=O) groups is 1. The Kier molecular flexibility index (Phi) is 5.14. The van der Waals surface area contributed by atoms with Crippen LogP contribution in [0, 0.1) is 0 Å². The van der Waals surface area contributed by atoms with Crippen LogP contribution in [-0.2, 0) is 7.05 Å². The molecular weight excluding hydrogens is 328 g/mol. The second kappa shape index (κ2) is 7.49. The van der Waals surface area contributed by atoms with Crippen molar-refractivity contribution in [3.05, 3.63) is 76.2 Å². The molecule has 0 spiro atoms. The zero-order chi connectivity index (χ0) is 18.7. The zero-order valence-corrected chi connectivity index (χ0v) is 15.1. The third-order valence-corrected chi connectivity index (χ3v) is 4.44. The monoisotopic (exact) mass is 350 g/mol. The molecule has 0 fully saturated rings. The summed E-state index contributed by atoms with van der Waals surface area (Å²) < 4.78 is 1.21. The molecule has 26 heavy (non-hydrogen) atoms. The fraction of sp³-hybridized carbons (Fsp3) is 0.250. The van der Waals surface area contributed by atoms with E-state index in [2.05, 4.69) is 15.3 Å². The Balaban J connectivity index is 1.88. The topological polar surface area (TPSA) is 67.2 Å². The Labute approximate surface area is 152 Å². The van der Waals surface area contributed by atoms with Gasteiger partial charge in [0.25, 0.3) is 11.5 Å². The molecule has 0 aliphatic carbocycles. The van der Waals surface area contributed by atoms with Gasteiger partial charge in [0, 0.05) is 19.0 Å². The molecule has 6 nitrogen and oxygen atoms in total. The summed E-state index contributed by atoms with van der Waals surface area (Å²) >= 11 is 0. The van der Waals surface area contributed by atoms with Crippen molar-refractivity contribution in [3.63, 3.8) is 0 Å². The molecule has 134 valence electrons. The zero-order valence-electron chi connectivity index (χ0n) is 15.1. The number of likely N-dealkylation sites (N-methyl/N-ethyl adjacent to an activating group) is 1. The minimum Gasteiger partial charge on any atom is -0.349 e. The number of hydrogen-bond acceptors (Lipinski definition) is 4. The van der Waals surface area contributed by atoms with Crippen molar-refractivity contribution >= 4 is 16.7 Å². The van der Waals surface area contributed by atoms with Gasteiger partial charge in [0.15, 0.2) is 5.69 Å². The fourth-order valence-corrected chi connectivity index (χ4v) is 3.01. The lowest BCUT2D eigenvalue weighted by molar-refractivity contribution is 0.0936. The number of rotatable bonds is 5. The summed E-state index contributed by atoms with van der Waals surface area (Å²) in [7, 11) is 5.51. The maximum absolute atomic E-state index is 12.8. The molecule has 0 bridgehead atoms. The van der Waals surface area contributed by atoms with Gasteiger partial charge in [-0.2, -0.15) is 5.10 Å². The average Bonchev–Trinajstić information content (AvgIpc) is 2.65. The summed E-state index contributed by atoms with van der Waals surface area (Å²) in [5.41, 5.74) is 1.16. The van der Waals surface area contributed by atoms with Gasteiger partial charge >= 0.3 is 0 Å². The Bertz CT molecular complexity index is 980. The van der Waals surface area contributed by atoms with E-state index >= 15 is 0 Å². The molecule has 1 N–H and O–H groups in total. The van der Waals surface area contributed by atoms with Crippen LogP contribution in [0.4, 0.5) is 0 Å². The lowest BCUT2D eigenvalue weighted by atomic mass is 10.1. The summed E-state index contributed by atoms with van der Waals surface area (Å²) in [4.78, 5) is 27.0. The van der Waals surface area contributed by atoms with Crippen LogP contribution in [0.2, 0.25) is 0 Å². The van der Waals surface area contributed by atoms with Crippen molar-refractivity contribution in [2.24, 2.45) is 7.05 Å². The van der Waals surface area contributed by atoms with E-state index < -0.39 is 0 Å². The molecule has 2 aromatic carbocycles. The minimum absolute atomic E-state index is 0.0407. The van der Waals surface area contributed by atoms with Crippen LogP contribution in [0.5, 0.6) is 0 Å². The number of carbonyl (C=O) groups excluding carboxylic acids is 1. The molecule has 0 radical (unpaired) electrons. The summed E-state index contributed by atoms with van der Waals surface area (Å²) in [5.74, 6) is -0.292. The van der Waals surface area contributed by atoms with Crippen LogP contribution in [0.3, 0.4) is 0 Å². The smallest absolute Gasteiger partial charge is 0.274 e. The molecule has 0 aliphatic rings. The number of nitrogens with zero attached hydrogens (tertiary/aromatic N) is 3. The van der Waals surface area contributed by atoms with Crippen LogP contribution in [-0.4, -0.2) is 41.2 Å². The maximum atomic E-state index is 12.8. The summed E-state index contributed by atoms with van der Waals surface area (Å²) in [5, 5.41) is 8.19. The van der Waals surface area contributed by atoms with E-state index in [4.69, 9.17) is 0 Å². The van der Waals surface area contributed by atoms with E-state index in [1.165, 1.54) is 4.68 Å². The predicted molar refractivity (Wildman–Crippen MR) is 102 cm³/mol. The van der Waals surface area contributed by atoms with Crippen LogP contribution in [0.1, 0.15) is 22.1 Å². The van der Waals surface area contributed by atoms with Crippen molar-refractivity contribution in [2.45, 2.75) is 6.04 Å². The van der Waals surface area contributed by atoms with E-state index in [1.54, 1.807) is 31.3 Å². The first-order valence-electron chi connectivity index (χ1n) is 8.44. The molecule has 1 amide bonds. The van der Waals surface area contributed by atoms with Crippen LogP contribution in [0.25, 0.3) is 10.8 Å². The summed E-state index contributed by atoms with van der Waals surface area (Å²) in [6.07, 6.45) is 0. The average molecular weight is 350 g/mol.